The molecule has 0 spiro atoms. The Labute approximate surface area is 173 Å². The second-order valence-corrected chi connectivity index (χ2v) is 8.39. The molecule has 0 saturated heterocycles. The summed E-state index contributed by atoms with van der Waals surface area (Å²) in [4.78, 5) is 33.8. The lowest BCUT2D eigenvalue weighted by Crippen LogP contribution is -2.46. The molecule has 2 amide bonds. The highest BCUT2D eigenvalue weighted by molar-refractivity contribution is 7.22. The fraction of sp³-hybridized carbons (Fsp3) is 0.286. The molecule has 3 aromatic rings. The summed E-state index contributed by atoms with van der Waals surface area (Å²) in [6.45, 7) is 6.12. The molecule has 0 fully saturated rings. The van der Waals surface area contributed by atoms with Gasteiger partial charge in [-0.15, -0.1) is 22.7 Å². The van der Waals surface area contributed by atoms with Gasteiger partial charge in [-0.3, -0.25) is 9.59 Å². The lowest BCUT2D eigenvalue weighted by molar-refractivity contribution is -0.120. The molecule has 146 valence electrons. The van der Waals surface area contributed by atoms with Crippen LogP contribution in [0.5, 0.6) is 0 Å². The molecule has 0 radical (unpaired) electrons. The van der Waals surface area contributed by atoms with Crippen LogP contribution in [0, 0.1) is 6.92 Å². The first kappa shape index (κ1) is 20.2. The van der Waals surface area contributed by atoms with Crippen LogP contribution >= 0.6 is 22.7 Å². The van der Waals surface area contributed by atoms with Gasteiger partial charge in [0, 0.05) is 12.2 Å². The average molecular weight is 414 g/mol. The number of hydrogen-bond acceptors (Lipinski definition) is 5. The van der Waals surface area contributed by atoms with Crippen molar-refractivity contribution in [2.75, 3.05) is 11.9 Å². The summed E-state index contributed by atoms with van der Waals surface area (Å²) in [5.41, 5.74) is 1.42. The van der Waals surface area contributed by atoms with Crippen LogP contribution in [0.4, 0.5) is 5.69 Å². The molecule has 28 heavy (non-hydrogen) atoms. The molecule has 3 rings (SSSR count). The van der Waals surface area contributed by atoms with E-state index in [1.165, 1.54) is 11.3 Å². The number of nitrogens with one attached hydrogen (secondary N) is 1. The minimum atomic E-state index is -0.584. The van der Waals surface area contributed by atoms with E-state index in [-0.39, 0.29) is 11.8 Å². The van der Waals surface area contributed by atoms with Gasteiger partial charge in [0.2, 0.25) is 5.91 Å². The topological polar surface area (TPSA) is 62.3 Å². The molecule has 1 aromatic carbocycles. The zero-order chi connectivity index (χ0) is 20.1. The number of para-hydroxylation sites is 1. The standard InChI is InChI=1S/C21H23N3O2S2/c1-4-12-24(15(3)19(25)23-16-9-6-5-7-10-16)21(26)18-14(2)22-20(28-18)17-11-8-13-27-17/h5-11,13,15H,4,12H2,1-3H3,(H,23,25). The summed E-state index contributed by atoms with van der Waals surface area (Å²) in [6.07, 6.45) is 0.768. The van der Waals surface area contributed by atoms with Crippen LogP contribution in [-0.2, 0) is 4.79 Å². The summed E-state index contributed by atoms with van der Waals surface area (Å²) >= 11 is 2.99. The number of aryl methyl sites for hydroxylation is 1. The fourth-order valence-electron chi connectivity index (χ4n) is 2.85. The number of aromatic nitrogens is 1. The van der Waals surface area contributed by atoms with Crippen molar-refractivity contribution in [2.24, 2.45) is 0 Å². The first-order valence-corrected chi connectivity index (χ1v) is 10.9. The summed E-state index contributed by atoms with van der Waals surface area (Å²) in [5, 5.41) is 5.72. The first-order valence-electron chi connectivity index (χ1n) is 9.19. The molecule has 0 aliphatic rings. The van der Waals surface area contributed by atoms with Crippen LogP contribution in [0.2, 0.25) is 0 Å². The molecule has 1 atom stereocenters. The SMILES string of the molecule is CCCN(C(=O)c1sc(-c2cccs2)nc1C)C(C)C(=O)Nc1ccccc1. The zero-order valence-electron chi connectivity index (χ0n) is 16.1. The molecular formula is C21H23N3O2S2. The number of amides is 2. The molecule has 0 bridgehead atoms. The molecule has 5 nitrogen and oxygen atoms in total. The van der Waals surface area contributed by atoms with E-state index in [1.54, 1.807) is 23.2 Å². The Bertz CT molecular complexity index is 936. The van der Waals surface area contributed by atoms with Crippen LogP contribution in [-0.4, -0.2) is 34.3 Å². The van der Waals surface area contributed by atoms with Crippen molar-refractivity contribution in [1.82, 2.24) is 9.88 Å². The monoisotopic (exact) mass is 413 g/mol. The van der Waals surface area contributed by atoms with Gasteiger partial charge < -0.3 is 10.2 Å². The van der Waals surface area contributed by atoms with Crippen molar-refractivity contribution in [3.05, 3.63) is 58.4 Å². The van der Waals surface area contributed by atoms with Gasteiger partial charge in [0.25, 0.3) is 5.91 Å². The van der Waals surface area contributed by atoms with Gasteiger partial charge in [0.15, 0.2) is 0 Å². The Morgan fingerprint density at radius 1 is 1.18 bits per heavy atom. The van der Waals surface area contributed by atoms with Crippen LogP contribution in [0.25, 0.3) is 9.88 Å². The number of rotatable bonds is 7. The number of carbonyl (C=O) groups is 2. The van der Waals surface area contributed by atoms with Gasteiger partial charge in [-0.2, -0.15) is 0 Å². The van der Waals surface area contributed by atoms with Crippen molar-refractivity contribution in [3.63, 3.8) is 0 Å². The minimum absolute atomic E-state index is 0.143. The molecule has 0 aliphatic carbocycles. The summed E-state index contributed by atoms with van der Waals surface area (Å²) in [7, 11) is 0. The van der Waals surface area contributed by atoms with Gasteiger partial charge in [0.05, 0.1) is 10.6 Å². The Hall–Kier alpha value is -2.51. The van der Waals surface area contributed by atoms with Gasteiger partial charge >= 0.3 is 0 Å². The third kappa shape index (κ3) is 4.48. The van der Waals surface area contributed by atoms with Crippen LogP contribution in [0.3, 0.4) is 0 Å². The summed E-state index contributed by atoms with van der Waals surface area (Å²) in [5.74, 6) is -0.344. The lowest BCUT2D eigenvalue weighted by atomic mass is 10.2. The quantitative estimate of drug-likeness (QED) is 0.589. The van der Waals surface area contributed by atoms with E-state index in [0.717, 1.165) is 22.0 Å². The van der Waals surface area contributed by atoms with E-state index < -0.39 is 6.04 Å². The molecule has 1 unspecified atom stereocenters. The second kappa shape index (κ2) is 9.12. The predicted molar refractivity (Wildman–Crippen MR) is 116 cm³/mol. The number of carbonyl (C=O) groups excluding carboxylic acids is 2. The van der Waals surface area contributed by atoms with E-state index in [4.69, 9.17) is 0 Å². The smallest absolute Gasteiger partial charge is 0.266 e. The van der Waals surface area contributed by atoms with Crippen LogP contribution in [0.15, 0.2) is 47.8 Å². The third-order valence-electron chi connectivity index (χ3n) is 4.34. The Morgan fingerprint density at radius 3 is 2.57 bits per heavy atom. The molecule has 1 N–H and O–H groups in total. The number of nitrogens with zero attached hydrogens (tertiary/aromatic N) is 2. The molecular weight excluding hydrogens is 390 g/mol. The minimum Gasteiger partial charge on any atom is -0.326 e. The van der Waals surface area contributed by atoms with E-state index in [1.807, 2.05) is 61.7 Å². The number of benzene rings is 1. The largest absolute Gasteiger partial charge is 0.326 e. The lowest BCUT2D eigenvalue weighted by Gasteiger charge is -2.28. The summed E-state index contributed by atoms with van der Waals surface area (Å²) < 4.78 is 0. The Kier molecular flexibility index (Phi) is 6.59. The van der Waals surface area contributed by atoms with Crippen LogP contribution in [0.1, 0.15) is 35.6 Å². The number of hydrogen-bond donors (Lipinski definition) is 1. The van der Waals surface area contributed by atoms with Crippen LogP contribution < -0.4 is 5.32 Å². The maximum absolute atomic E-state index is 13.3. The Balaban J connectivity index is 1.81. The van der Waals surface area contributed by atoms with Gasteiger partial charge in [-0.05, 0) is 43.8 Å². The van der Waals surface area contributed by atoms with E-state index in [2.05, 4.69) is 10.3 Å². The second-order valence-electron chi connectivity index (χ2n) is 6.44. The van der Waals surface area contributed by atoms with Crippen molar-refractivity contribution in [3.8, 4) is 9.88 Å². The fourth-order valence-corrected chi connectivity index (χ4v) is 4.67. The number of thiazole rings is 1. The van der Waals surface area contributed by atoms with Crippen molar-refractivity contribution < 1.29 is 9.59 Å². The normalized spacial score (nSPS) is 11.8. The number of thiophene rings is 1. The highest BCUT2D eigenvalue weighted by atomic mass is 32.1. The van der Waals surface area contributed by atoms with E-state index in [9.17, 15) is 9.59 Å². The molecule has 2 heterocycles. The third-order valence-corrected chi connectivity index (χ3v) is 6.52. The number of anilines is 1. The highest BCUT2D eigenvalue weighted by Crippen LogP contribution is 2.32. The van der Waals surface area contributed by atoms with Gasteiger partial charge in [-0.1, -0.05) is 31.2 Å². The van der Waals surface area contributed by atoms with Crippen molar-refractivity contribution in [2.45, 2.75) is 33.2 Å². The molecule has 2 aromatic heterocycles. The first-order chi connectivity index (χ1) is 13.5. The molecule has 0 saturated carbocycles. The maximum atomic E-state index is 13.3. The average Bonchev–Trinajstić information content (AvgIpc) is 3.35. The van der Waals surface area contributed by atoms with Crippen molar-refractivity contribution in [1.29, 1.82) is 0 Å². The predicted octanol–water partition coefficient (Wildman–Crippen LogP) is 5.06. The summed E-state index contributed by atoms with van der Waals surface area (Å²) in [6, 6.07) is 12.7. The molecule has 7 heteroatoms. The van der Waals surface area contributed by atoms with Crippen molar-refractivity contribution >= 4 is 40.2 Å². The maximum Gasteiger partial charge on any atom is 0.266 e. The Morgan fingerprint density at radius 2 is 1.93 bits per heavy atom. The van der Waals surface area contributed by atoms with Gasteiger partial charge in [0.1, 0.15) is 15.9 Å². The van der Waals surface area contributed by atoms with E-state index in [0.29, 0.717) is 17.1 Å². The van der Waals surface area contributed by atoms with Gasteiger partial charge in [-0.25, -0.2) is 4.98 Å². The molecule has 0 aliphatic heterocycles. The highest BCUT2D eigenvalue weighted by Gasteiger charge is 2.29. The van der Waals surface area contributed by atoms with E-state index >= 15 is 0 Å². The zero-order valence-corrected chi connectivity index (χ0v) is 17.8.